The Labute approximate surface area is 103 Å². The average molecular weight is 238 g/mol. The highest BCUT2D eigenvalue weighted by atomic mass is 16.5. The summed E-state index contributed by atoms with van der Waals surface area (Å²) in [6.45, 7) is 8.75. The maximum atomic E-state index is 12.0. The van der Waals surface area contributed by atoms with Gasteiger partial charge in [0.2, 0.25) is 0 Å². The van der Waals surface area contributed by atoms with Crippen LogP contribution in [0.15, 0.2) is 4.52 Å². The van der Waals surface area contributed by atoms with Crippen LogP contribution in [0, 0.1) is 12.8 Å². The second-order valence-electron chi connectivity index (χ2n) is 4.31. The SMILES string of the molecule is CCc1noc(C)c1C(=O)NCC(CC)CC. The fraction of sp³-hybridized carbons (Fsp3) is 0.692. The van der Waals surface area contributed by atoms with E-state index in [1.807, 2.05) is 6.92 Å². The maximum absolute atomic E-state index is 12.0. The van der Waals surface area contributed by atoms with Gasteiger partial charge in [0.05, 0.1) is 5.69 Å². The molecule has 0 saturated heterocycles. The van der Waals surface area contributed by atoms with E-state index in [1.165, 1.54) is 0 Å². The number of nitrogens with one attached hydrogen (secondary N) is 1. The average Bonchev–Trinajstić information content (AvgIpc) is 2.71. The predicted molar refractivity (Wildman–Crippen MR) is 67.0 cm³/mol. The molecular weight excluding hydrogens is 216 g/mol. The summed E-state index contributed by atoms with van der Waals surface area (Å²) in [6.07, 6.45) is 2.88. The summed E-state index contributed by atoms with van der Waals surface area (Å²) in [5.41, 5.74) is 1.35. The van der Waals surface area contributed by atoms with Crippen molar-refractivity contribution in [2.45, 2.75) is 47.0 Å². The fourth-order valence-electron chi connectivity index (χ4n) is 1.85. The summed E-state index contributed by atoms with van der Waals surface area (Å²) >= 11 is 0. The van der Waals surface area contributed by atoms with E-state index in [2.05, 4.69) is 24.3 Å². The van der Waals surface area contributed by atoms with Crippen molar-refractivity contribution in [1.29, 1.82) is 0 Å². The lowest BCUT2D eigenvalue weighted by Gasteiger charge is -2.13. The number of carbonyl (C=O) groups is 1. The summed E-state index contributed by atoms with van der Waals surface area (Å²) in [6, 6.07) is 0. The summed E-state index contributed by atoms with van der Waals surface area (Å²) < 4.78 is 5.06. The van der Waals surface area contributed by atoms with Crippen LogP contribution in [0.1, 0.15) is 55.4 Å². The summed E-state index contributed by atoms with van der Waals surface area (Å²) in [7, 11) is 0. The maximum Gasteiger partial charge on any atom is 0.256 e. The van der Waals surface area contributed by atoms with Crippen LogP contribution < -0.4 is 5.32 Å². The van der Waals surface area contributed by atoms with Gasteiger partial charge in [-0.3, -0.25) is 4.79 Å². The molecule has 1 amide bonds. The quantitative estimate of drug-likeness (QED) is 0.829. The first-order valence-corrected chi connectivity index (χ1v) is 6.37. The van der Waals surface area contributed by atoms with E-state index in [1.54, 1.807) is 6.92 Å². The van der Waals surface area contributed by atoms with Gasteiger partial charge in [0.1, 0.15) is 11.3 Å². The molecule has 0 fully saturated rings. The van der Waals surface area contributed by atoms with E-state index in [4.69, 9.17) is 4.52 Å². The Hall–Kier alpha value is -1.32. The van der Waals surface area contributed by atoms with Gasteiger partial charge in [0.25, 0.3) is 5.91 Å². The van der Waals surface area contributed by atoms with Gasteiger partial charge in [-0.15, -0.1) is 0 Å². The summed E-state index contributed by atoms with van der Waals surface area (Å²) in [4.78, 5) is 12.0. The molecule has 4 heteroatoms. The van der Waals surface area contributed by atoms with Crippen molar-refractivity contribution in [3.05, 3.63) is 17.0 Å². The molecule has 0 aliphatic heterocycles. The van der Waals surface area contributed by atoms with E-state index in [-0.39, 0.29) is 5.91 Å². The van der Waals surface area contributed by atoms with Crippen molar-refractivity contribution in [3.8, 4) is 0 Å². The van der Waals surface area contributed by atoms with Crippen molar-refractivity contribution in [1.82, 2.24) is 10.5 Å². The number of hydrogen-bond acceptors (Lipinski definition) is 3. The Morgan fingerprint density at radius 1 is 1.35 bits per heavy atom. The molecule has 0 aliphatic rings. The highest BCUT2D eigenvalue weighted by Crippen LogP contribution is 2.14. The Balaban J connectivity index is 2.66. The number of rotatable bonds is 6. The van der Waals surface area contributed by atoms with Crippen LogP contribution in [0.25, 0.3) is 0 Å². The number of aromatic nitrogens is 1. The second kappa shape index (κ2) is 6.42. The van der Waals surface area contributed by atoms with Crippen molar-refractivity contribution < 1.29 is 9.32 Å². The molecule has 0 bridgehead atoms. The molecule has 4 nitrogen and oxygen atoms in total. The lowest BCUT2D eigenvalue weighted by Crippen LogP contribution is -2.29. The third-order valence-electron chi connectivity index (χ3n) is 3.20. The third-order valence-corrected chi connectivity index (χ3v) is 3.20. The van der Waals surface area contributed by atoms with E-state index in [9.17, 15) is 4.79 Å². The molecule has 96 valence electrons. The zero-order chi connectivity index (χ0) is 12.8. The van der Waals surface area contributed by atoms with Gasteiger partial charge in [-0.1, -0.05) is 38.8 Å². The molecule has 1 rings (SSSR count). The molecule has 0 aromatic carbocycles. The van der Waals surface area contributed by atoms with Crippen LogP contribution in [-0.4, -0.2) is 17.6 Å². The minimum atomic E-state index is -0.0625. The van der Waals surface area contributed by atoms with Crippen LogP contribution >= 0.6 is 0 Å². The topological polar surface area (TPSA) is 55.1 Å². The van der Waals surface area contributed by atoms with E-state index < -0.39 is 0 Å². The van der Waals surface area contributed by atoms with E-state index in [0.29, 0.717) is 23.7 Å². The van der Waals surface area contributed by atoms with Gasteiger partial charge in [-0.2, -0.15) is 0 Å². The molecule has 1 aromatic heterocycles. The Bertz CT molecular complexity index is 367. The van der Waals surface area contributed by atoms with Gasteiger partial charge in [-0.05, 0) is 19.3 Å². The van der Waals surface area contributed by atoms with Crippen LogP contribution in [0.5, 0.6) is 0 Å². The Morgan fingerprint density at radius 2 is 2.00 bits per heavy atom. The summed E-state index contributed by atoms with van der Waals surface area (Å²) in [5, 5.41) is 6.85. The molecule has 0 saturated carbocycles. The first kappa shape index (κ1) is 13.7. The van der Waals surface area contributed by atoms with E-state index >= 15 is 0 Å². The van der Waals surface area contributed by atoms with Crippen LogP contribution in [0.2, 0.25) is 0 Å². The first-order valence-electron chi connectivity index (χ1n) is 6.37. The first-order chi connectivity index (χ1) is 8.13. The standard InChI is InChI=1S/C13H22N2O2/c1-5-10(6-2)8-14-13(16)12-9(4)17-15-11(12)7-3/h10H,5-8H2,1-4H3,(H,14,16). The lowest BCUT2D eigenvalue weighted by molar-refractivity contribution is 0.0944. The molecule has 1 aromatic rings. The van der Waals surface area contributed by atoms with E-state index in [0.717, 1.165) is 25.1 Å². The third kappa shape index (κ3) is 3.32. The molecular formula is C13H22N2O2. The number of carbonyl (C=O) groups excluding carboxylic acids is 1. The van der Waals surface area contributed by atoms with Gasteiger partial charge in [0, 0.05) is 6.54 Å². The molecule has 0 aliphatic carbocycles. The zero-order valence-corrected chi connectivity index (χ0v) is 11.2. The number of nitrogens with zero attached hydrogens (tertiary/aromatic N) is 1. The molecule has 1 N–H and O–H groups in total. The number of amides is 1. The van der Waals surface area contributed by atoms with Crippen molar-refractivity contribution in [2.24, 2.45) is 5.92 Å². The number of aryl methyl sites for hydroxylation is 2. The fourth-order valence-corrected chi connectivity index (χ4v) is 1.85. The van der Waals surface area contributed by atoms with Crippen LogP contribution in [-0.2, 0) is 6.42 Å². The predicted octanol–water partition coefficient (Wildman–Crippen LogP) is 2.71. The highest BCUT2D eigenvalue weighted by Gasteiger charge is 2.19. The Kier molecular flexibility index (Phi) is 5.19. The minimum absolute atomic E-state index is 0.0625. The van der Waals surface area contributed by atoms with Crippen molar-refractivity contribution in [2.75, 3.05) is 6.54 Å². The van der Waals surface area contributed by atoms with Gasteiger partial charge >= 0.3 is 0 Å². The smallest absolute Gasteiger partial charge is 0.256 e. The molecule has 0 atom stereocenters. The second-order valence-corrected chi connectivity index (χ2v) is 4.31. The zero-order valence-electron chi connectivity index (χ0n) is 11.2. The number of hydrogen-bond donors (Lipinski definition) is 1. The minimum Gasteiger partial charge on any atom is -0.361 e. The highest BCUT2D eigenvalue weighted by molar-refractivity contribution is 5.96. The van der Waals surface area contributed by atoms with Crippen LogP contribution in [0.3, 0.4) is 0 Å². The van der Waals surface area contributed by atoms with Gasteiger partial charge in [-0.25, -0.2) is 0 Å². The monoisotopic (exact) mass is 238 g/mol. The van der Waals surface area contributed by atoms with Gasteiger partial charge < -0.3 is 9.84 Å². The van der Waals surface area contributed by atoms with Gasteiger partial charge in [0.15, 0.2) is 0 Å². The summed E-state index contributed by atoms with van der Waals surface area (Å²) in [5.74, 6) is 1.08. The molecule has 1 heterocycles. The Morgan fingerprint density at radius 3 is 2.53 bits per heavy atom. The van der Waals surface area contributed by atoms with Crippen molar-refractivity contribution in [3.63, 3.8) is 0 Å². The molecule has 17 heavy (non-hydrogen) atoms. The largest absolute Gasteiger partial charge is 0.361 e. The molecule has 0 spiro atoms. The van der Waals surface area contributed by atoms with Crippen LogP contribution in [0.4, 0.5) is 0 Å². The molecule has 0 unspecified atom stereocenters. The normalized spacial score (nSPS) is 10.9. The lowest BCUT2D eigenvalue weighted by atomic mass is 10.0. The van der Waals surface area contributed by atoms with Crippen molar-refractivity contribution >= 4 is 5.91 Å². The molecule has 0 radical (unpaired) electrons.